The number of halogens is 1. The monoisotopic (exact) mass is 564 g/mol. The van der Waals surface area contributed by atoms with E-state index in [2.05, 4.69) is 65.1 Å². The molecule has 0 saturated carbocycles. The van der Waals surface area contributed by atoms with Crippen LogP contribution < -0.4 is 5.56 Å². The third-order valence-electron chi connectivity index (χ3n) is 6.43. The molecule has 0 amide bonds. The maximum atomic E-state index is 14.3. The second-order valence-electron chi connectivity index (χ2n) is 8.59. The third kappa shape index (κ3) is 3.65. The number of fused-ring (bicyclic) bond motifs is 2. The van der Waals surface area contributed by atoms with Crippen LogP contribution >= 0.6 is 22.6 Å². The summed E-state index contributed by atoms with van der Waals surface area (Å²) >= 11 is 2.32. The van der Waals surface area contributed by atoms with Crippen molar-refractivity contribution in [2.45, 2.75) is 6.92 Å². The molecule has 0 fully saturated rings. The van der Waals surface area contributed by atoms with E-state index in [0.29, 0.717) is 5.39 Å². The fourth-order valence-corrected chi connectivity index (χ4v) is 5.36. The molecule has 0 unspecified atom stereocenters. The maximum absolute atomic E-state index is 14.3. The smallest absolute Gasteiger partial charge is 0.263 e. The molecule has 4 aromatic carbocycles. The summed E-state index contributed by atoms with van der Waals surface area (Å²) in [7, 11) is 0. The average molecular weight is 564 g/mol. The molecule has 0 spiro atoms. The van der Waals surface area contributed by atoms with Crippen LogP contribution in [0.25, 0.3) is 49.7 Å². The maximum Gasteiger partial charge on any atom is 0.263 e. The minimum atomic E-state index is -0.0452. The Hall–Kier alpha value is -3.77. The van der Waals surface area contributed by atoms with Crippen molar-refractivity contribution in [1.82, 2.24) is 9.55 Å². The molecule has 0 aliphatic carbocycles. The van der Waals surface area contributed by atoms with E-state index in [1.807, 2.05) is 72.2 Å². The van der Waals surface area contributed by atoms with Gasteiger partial charge >= 0.3 is 0 Å². The van der Waals surface area contributed by atoms with Crippen molar-refractivity contribution in [3.8, 4) is 28.1 Å². The van der Waals surface area contributed by atoms with Crippen LogP contribution in [0, 0.1) is 10.5 Å². The van der Waals surface area contributed by atoms with Crippen LogP contribution in [0.5, 0.6) is 0 Å². The average Bonchev–Trinajstić information content (AvgIpc) is 2.90. The van der Waals surface area contributed by atoms with Crippen molar-refractivity contribution in [1.29, 1.82) is 0 Å². The Bertz CT molecular complexity index is 1770. The number of benzene rings is 4. The molecule has 0 N–H and O–H groups in total. The van der Waals surface area contributed by atoms with Crippen molar-refractivity contribution in [3.05, 3.63) is 129 Å². The number of rotatable bonds is 3. The van der Waals surface area contributed by atoms with Crippen molar-refractivity contribution in [2.75, 3.05) is 0 Å². The number of hydrogen-bond acceptors (Lipinski definition) is 2. The van der Waals surface area contributed by atoms with E-state index in [0.717, 1.165) is 53.5 Å². The first-order valence-electron chi connectivity index (χ1n) is 11.5. The first kappa shape index (κ1) is 21.7. The number of pyridine rings is 2. The lowest BCUT2D eigenvalue weighted by atomic mass is 9.93. The topological polar surface area (TPSA) is 34.9 Å². The highest BCUT2D eigenvalue weighted by atomic mass is 127. The second kappa shape index (κ2) is 8.78. The SMILES string of the molecule is Cc1ccc2cccnc2c1-n1c(-c2ccccc2)c(-c2ccccc2)c2cc(I)ccc2c1=O. The quantitative estimate of drug-likeness (QED) is 0.206. The highest BCUT2D eigenvalue weighted by Gasteiger charge is 2.23. The number of nitrogens with zero attached hydrogens (tertiary/aromatic N) is 2. The Morgan fingerprint density at radius 1 is 0.743 bits per heavy atom. The molecule has 0 atom stereocenters. The van der Waals surface area contributed by atoms with E-state index in [4.69, 9.17) is 4.98 Å². The zero-order chi connectivity index (χ0) is 23.9. The zero-order valence-corrected chi connectivity index (χ0v) is 21.2. The summed E-state index contributed by atoms with van der Waals surface area (Å²) in [6.07, 6.45) is 1.79. The number of aromatic nitrogens is 2. The van der Waals surface area contributed by atoms with Crippen molar-refractivity contribution >= 4 is 44.3 Å². The minimum absolute atomic E-state index is 0.0452. The summed E-state index contributed by atoms with van der Waals surface area (Å²) in [4.78, 5) is 19.1. The number of hydrogen-bond donors (Lipinski definition) is 0. The Kier molecular flexibility index (Phi) is 5.46. The predicted octanol–water partition coefficient (Wildman–Crippen LogP) is 7.79. The molecular weight excluding hydrogens is 543 g/mol. The Balaban J connectivity index is 1.91. The van der Waals surface area contributed by atoms with Crippen LogP contribution in [0.2, 0.25) is 0 Å². The first-order chi connectivity index (χ1) is 17.1. The minimum Gasteiger partial charge on any atom is -0.273 e. The van der Waals surface area contributed by atoms with Crippen molar-refractivity contribution in [3.63, 3.8) is 0 Å². The molecule has 6 rings (SSSR count). The lowest BCUT2D eigenvalue weighted by Gasteiger charge is -2.22. The van der Waals surface area contributed by atoms with Crippen LogP contribution in [0.4, 0.5) is 0 Å². The summed E-state index contributed by atoms with van der Waals surface area (Å²) in [5, 5.41) is 2.65. The van der Waals surface area contributed by atoms with Gasteiger partial charge < -0.3 is 0 Å². The zero-order valence-electron chi connectivity index (χ0n) is 19.1. The lowest BCUT2D eigenvalue weighted by molar-refractivity contribution is 1.01. The van der Waals surface area contributed by atoms with Crippen molar-refractivity contribution < 1.29 is 0 Å². The molecular formula is C31H21IN2O. The largest absolute Gasteiger partial charge is 0.273 e. The lowest BCUT2D eigenvalue weighted by Crippen LogP contribution is -2.23. The van der Waals surface area contributed by atoms with E-state index in [-0.39, 0.29) is 5.56 Å². The first-order valence-corrected chi connectivity index (χ1v) is 12.5. The van der Waals surface area contributed by atoms with Gasteiger partial charge in [0.15, 0.2) is 0 Å². The standard InChI is InChI=1S/C31H21IN2O/c1-20-14-15-22-13-8-18-33-28(22)29(20)34-30(23-11-6-3-7-12-23)27(21-9-4-2-5-10-21)26-19-24(32)16-17-25(26)31(34)35/h2-19H,1H3. The van der Waals surface area contributed by atoms with Gasteiger partial charge in [-0.25, -0.2) is 0 Å². The van der Waals surface area contributed by atoms with Crippen LogP contribution in [-0.4, -0.2) is 9.55 Å². The summed E-state index contributed by atoms with van der Waals surface area (Å²) in [6.45, 7) is 2.05. The molecule has 0 aliphatic heterocycles. The van der Waals surface area contributed by atoms with E-state index in [1.165, 1.54) is 0 Å². The van der Waals surface area contributed by atoms with Gasteiger partial charge in [0.1, 0.15) is 0 Å². The van der Waals surface area contributed by atoms with E-state index < -0.39 is 0 Å². The summed E-state index contributed by atoms with van der Waals surface area (Å²) in [6, 6.07) is 34.7. The number of aryl methyl sites for hydroxylation is 1. The molecule has 4 heteroatoms. The molecule has 35 heavy (non-hydrogen) atoms. The van der Waals surface area contributed by atoms with Gasteiger partial charge in [-0.1, -0.05) is 78.9 Å². The van der Waals surface area contributed by atoms with Gasteiger partial charge in [-0.2, -0.15) is 0 Å². The van der Waals surface area contributed by atoms with Gasteiger partial charge in [0.25, 0.3) is 5.56 Å². The Labute approximate surface area is 216 Å². The third-order valence-corrected chi connectivity index (χ3v) is 7.10. The van der Waals surface area contributed by atoms with Gasteiger partial charge in [0.05, 0.1) is 16.9 Å². The van der Waals surface area contributed by atoms with Crippen LogP contribution in [0.3, 0.4) is 0 Å². The fourth-order valence-electron chi connectivity index (χ4n) is 4.86. The Morgan fingerprint density at radius 2 is 1.46 bits per heavy atom. The van der Waals surface area contributed by atoms with Crippen LogP contribution in [0.1, 0.15) is 5.56 Å². The predicted molar refractivity (Wildman–Crippen MR) is 153 cm³/mol. The molecule has 3 nitrogen and oxygen atoms in total. The molecule has 0 aliphatic rings. The molecule has 6 aromatic rings. The summed E-state index contributed by atoms with van der Waals surface area (Å²) in [5.74, 6) is 0. The van der Waals surface area contributed by atoms with Gasteiger partial charge in [-0.15, -0.1) is 0 Å². The van der Waals surface area contributed by atoms with Crippen molar-refractivity contribution in [2.24, 2.45) is 0 Å². The van der Waals surface area contributed by atoms with E-state index >= 15 is 0 Å². The molecule has 0 radical (unpaired) electrons. The van der Waals surface area contributed by atoms with Gasteiger partial charge in [0.2, 0.25) is 0 Å². The summed E-state index contributed by atoms with van der Waals surface area (Å²) < 4.78 is 2.98. The molecule has 168 valence electrons. The highest BCUT2D eigenvalue weighted by molar-refractivity contribution is 14.1. The summed E-state index contributed by atoms with van der Waals surface area (Å²) in [5.41, 5.74) is 6.56. The molecule has 0 saturated heterocycles. The molecule has 2 aromatic heterocycles. The molecule has 0 bridgehead atoms. The van der Waals surface area contributed by atoms with Gasteiger partial charge in [0, 0.05) is 26.1 Å². The molecule has 2 heterocycles. The fraction of sp³-hybridized carbons (Fsp3) is 0.0323. The normalized spacial score (nSPS) is 11.3. The van der Waals surface area contributed by atoms with E-state index in [1.54, 1.807) is 6.20 Å². The second-order valence-corrected chi connectivity index (χ2v) is 9.84. The Morgan fingerprint density at radius 3 is 2.20 bits per heavy atom. The van der Waals surface area contributed by atoms with E-state index in [9.17, 15) is 4.79 Å². The van der Waals surface area contributed by atoms with Crippen LogP contribution in [-0.2, 0) is 0 Å². The van der Waals surface area contributed by atoms with Gasteiger partial charge in [-0.05, 0) is 75.9 Å². The van der Waals surface area contributed by atoms with Gasteiger partial charge in [-0.3, -0.25) is 14.3 Å². The van der Waals surface area contributed by atoms with Crippen LogP contribution in [0.15, 0.2) is 114 Å². The highest BCUT2D eigenvalue weighted by Crippen LogP contribution is 2.39.